The Morgan fingerprint density at radius 1 is 1.38 bits per heavy atom. The van der Waals surface area contributed by atoms with E-state index in [2.05, 4.69) is 40.3 Å². The van der Waals surface area contributed by atoms with Gasteiger partial charge in [-0.2, -0.15) is 0 Å². The molecular weight excluding hydrogens is 249 g/mol. The first-order chi connectivity index (χ1) is 5.77. The second kappa shape index (κ2) is 4.45. The van der Waals surface area contributed by atoms with E-state index < -0.39 is 0 Å². The van der Waals surface area contributed by atoms with Gasteiger partial charge in [-0.3, -0.25) is 0 Å². The van der Waals surface area contributed by atoms with Crippen LogP contribution >= 0.6 is 28.3 Å². The van der Waals surface area contributed by atoms with Crippen LogP contribution in [0.15, 0.2) is 16.6 Å². The summed E-state index contributed by atoms with van der Waals surface area (Å²) in [6, 6.07) is 4.43. The summed E-state index contributed by atoms with van der Waals surface area (Å²) in [6.07, 6.45) is 1.16. The molecule has 3 heteroatoms. The molecule has 1 N–H and O–H groups in total. The van der Waals surface area contributed by atoms with Crippen LogP contribution in [0.25, 0.3) is 0 Å². The van der Waals surface area contributed by atoms with E-state index in [1.807, 2.05) is 0 Å². The third-order valence-electron chi connectivity index (χ3n) is 2.40. The zero-order valence-electron chi connectivity index (χ0n) is 7.56. The molecule has 0 saturated heterocycles. The van der Waals surface area contributed by atoms with Crippen LogP contribution in [0, 0.1) is 6.92 Å². The van der Waals surface area contributed by atoms with Gasteiger partial charge in [-0.25, -0.2) is 0 Å². The van der Waals surface area contributed by atoms with E-state index in [9.17, 15) is 0 Å². The van der Waals surface area contributed by atoms with Gasteiger partial charge in [-0.1, -0.05) is 15.9 Å². The molecule has 1 aromatic rings. The van der Waals surface area contributed by atoms with Crippen molar-refractivity contribution in [2.75, 3.05) is 6.54 Å². The molecule has 0 atom stereocenters. The van der Waals surface area contributed by atoms with Crippen LogP contribution in [-0.2, 0) is 13.0 Å². The molecule has 72 valence electrons. The Labute approximate surface area is 93.5 Å². The Kier molecular flexibility index (Phi) is 3.77. The highest BCUT2D eigenvalue weighted by atomic mass is 79.9. The summed E-state index contributed by atoms with van der Waals surface area (Å²) in [5.41, 5.74) is 4.39. The van der Waals surface area contributed by atoms with E-state index in [0.29, 0.717) is 0 Å². The fourth-order valence-corrected chi connectivity index (χ4v) is 2.37. The second-order valence-electron chi connectivity index (χ2n) is 3.29. The molecule has 1 nitrogen and oxygen atoms in total. The van der Waals surface area contributed by atoms with Crippen molar-refractivity contribution in [2.24, 2.45) is 0 Å². The SMILES string of the molecule is Cc1cc(Br)cc2c1CNCC2.Cl. The predicted octanol–water partition coefficient (Wildman–Crippen LogP) is 2.83. The van der Waals surface area contributed by atoms with Gasteiger partial charge in [0.25, 0.3) is 0 Å². The van der Waals surface area contributed by atoms with Crippen LogP contribution in [0.4, 0.5) is 0 Å². The van der Waals surface area contributed by atoms with Crippen LogP contribution in [0.5, 0.6) is 0 Å². The van der Waals surface area contributed by atoms with Gasteiger partial charge in [0.2, 0.25) is 0 Å². The maximum atomic E-state index is 3.52. The van der Waals surface area contributed by atoms with E-state index in [1.54, 1.807) is 0 Å². The maximum Gasteiger partial charge on any atom is 0.0211 e. The highest BCUT2D eigenvalue weighted by molar-refractivity contribution is 9.10. The van der Waals surface area contributed by atoms with Crippen LogP contribution in [0.2, 0.25) is 0 Å². The van der Waals surface area contributed by atoms with E-state index in [4.69, 9.17) is 0 Å². The van der Waals surface area contributed by atoms with Gasteiger partial charge in [0.1, 0.15) is 0 Å². The smallest absolute Gasteiger partial charge is 0.0211 e. The highest BCUT2D eigenvalue weighted by Crippen LogP contribution is 2.23. The number of rotatable bonds is 0. The molecule has 0 radical (unpaired) electrons. The zero-order chi connectivity index (χ0) is 8.55. The molecule has 13 heavy (non-hydrogen) atoms. The zero-order valence-corrected chi connectivity index (χ0v) is 9.96. The molecule has 1 aliphatic heterocycles. The molecule has 1 heterocycles. The Hall–Kier alpha value is -0.0500. The van der Waals surface area contributed by atoms with Crippen molar-refractivity contribution >= 4 is 28.3 Å². The predicted molar refractivity (Wildman–Crippen MR) is 61.5 cm³/mol. The van der Waals surface area contributed by atoms with E-state index in [-0.39, 0.29) is 12.4 Å². The normalized spacial score (nSPS) is 14.6. The third-order valence-corrected chi connectivity index (χ3v) is 2.86. The first-order valence-corrected chi connectivity index (χ1v) is 5.05. The summed E-state index contributed by atoms with van der Waals surface area (Å²) >= 11 is 3.52. The molecule has 0 saturated carbocycles. The first kappa shape index (κ1) is 11.0. The molecule has 2 rings (SSSR count). The van der Waals surface area contributed by atoms with Crippen molar-refractivity contribution in [3.8, 4) is 0 Å². The number of fused-ring (bicyclic) bond motifs is 1. The Morgan fingerprint density at radius 2 is 2.15 bits per heavy atom. The summed E-state index contributed by atoms with van der Waals surface area (Å²) in [6.45, 7) is 4.33. The number of hydrogen-bond donors (Lipinski definition) is 1. The van der Waals surface area contributed by atoms with Crippen molar-refractivity contribution in [1.82, 2.24) is 5.32 Å². The van der Waals surface area contributed by atoms with E-state index in [1.165, 1.54) is 21.2 Å². The van der Waals surface area contributed by atoms with Crippen LogP contribution in [0.1, 0.15) is 16.7 Å². The number of nitrogens with one attached hydrogen (secondary N) is 1. The maximum absolute atomic E-state index is 3.52. The Bertz CT molecular complexity index is 312. The summed E-state index contributed by atoms with van der Waals surface area (Å²) in [7, 11) is 0. The third kappa shape index (κ3) is 2.25. The number of aryl methyl sites for hydroxylation is 1. The van der Waals surface area contributed by atoms with Crippen LogP contribution in [0.3, 0.4) is 0 Å². The topological polar surface area (TPSA) is 12.0 Å². The van der Waals surface area contributed by atoms with E-state index in [0.717, 1.165) is 19.5 Å². The van der Waals surface area contributed by atoms with Gasteiger partial charge in [0, 0.05) is 11.0 Å². The van der Waals surface area contributed by atoms with Crippen molar-refractivity contribution in [3.63, 3.8) is 0 Å². The van der Waals surface area contributed by atoms with Gasteiger partial charge in [0.05, 0.1) is 0 Å². The minimum atomic E-state index is 0. The molecule has 1 aromatic carbocycles. The molecular formula is C10H13BrClN. The van der Waals surface area contributed by atoms with E-state index >= 15 is 0 Å². The average Bonchev–Trinajstić information content (AvgIpc) is 2.04. The summed E-state index contributed by atoms with van der Waals surface area (Å²) in [4.78, 5) is 0. The van der Waals surface area contributed by atoms with Crippen LogP contribution in [-0.4, -0.2) is 6.54 Å². The molecule has 0 bridgehead atoms. The molecule has 0 aromatic heterocycles. The van der Waals surface area contributed by atoms with Crippen molar-refractivity contribution in [3.05, 3.63) is 33.3 Å². The van der Waals surface area contributed by atoms with Gasteiger partial charge < -0.3 is 5.32 Å². The van der Waals surface area contributed by atoms with Crippen molar-refractivity contribution in [1.29, 1.82) is 0 Å². The largest absolute Gasteiger partial charge is 0.312 e. The number of benzene rings is 1. The molecule has 0 unspecified atom stereocenters. The van der Waals surface area contributed by atoms with Gasteiger partial charge in [-0.05, 0) is 48.7 Å². The summed E-state index contributed by atoms with van der Waals surface area (Å²) < 4.78 is 1.21. The molecule has 1 aliphatic rings. The standard InChI is InChI=1S/C10H12BrN.ClH/c1-7-4-9(11)5-8-2-3-12-6-10(7)8;/h4-5,12H,2-3,6H2,1H3;1H. The van der Waals surface area contributed by atoms with Gasteiger partial charge >= 0.3 is 0 Å². The molecule has 0 spiro atoms. The monoisotopic (exact) mass is 261 g/mol. The first-order valence-electron chi connectivity index (χ1n) is 4.26. The fraction of sp³-hybridized carbons (Fsp3) is 0.400. The lowest BCUT2D eigenvalue weighted by molar-refractivity contribution is 0.640. The number of halogens is 2. The fourth-order valence-electron chi connectivity index (χ4n) is 1.75. The summed E-state index contributed by atoms with van der Waals surface area (Å²) in [5.74, 6) is 0. The summed E-state index contributed by atoms with van der Waals surface area (Å²) in [5, 5.41) is 3.39. The lowest BCUT2D eigenvalue weighted by Gasteiger charge is -2.19. The molecule has 0 amide bonds. The quantitative estimate of drug-likeness (QED) is 0.758. The minimum absolute atomic E-state index is 0. The lowest BCUT2D eigenvalue weighted by atomic mass is 9.97. The van der Waals surface area contributed by atoms with Crippen molar-refractivity contribution < 1.29 is 0 Å². The molecule has 0 fully saturated rings. The van der Waals surface area contributed by atoms with Gasteiger partial charge in [-0.15, -0.1) is 12.4 Å². The molecule has 0 aliphatic carbocycles. The van der Waals surface area contributed by atoms with Crippen LogP contribution < -0.4 is 5.32 Å². The minimum Gasteiger partial charge on any atom is -0.312 e. The Balaban J connectivity index is 0.000000845. The van der Waals surface area contributed by atoms with Crippen molar-refractivity contribution in [2.45, 2.75) is 19.9 Å². The average molecular weight is 263 g/mol. The van der Waals surface area contributed by atoms with Gasteiger partial charge in [0.15, 0.2) is 0 Å². The number of hydrogen-bond acceptors (Lipinski definition) is 1. The lowest BCUT2D eigenvalue weighted by Crippen LogP contribution is -2.24. The Morgan fingerprint density at radius 3 is 2.92 bits per heavy atom. The second-order valence-corrected chi connectivity index (χ2v) is 4.20. The highest BCUT2D eigenvalue weighted by Gasteiger charge is 2.10.